The van der Waals surface area contributed by atoms with E-state index in [1.807, 2.05) is 0 Å². The van der Waals surface area contributed by atoms with Crippen molar-refractivity contribution in [3.8, 4) is 0 Å². The van der Waals surface area contributed by atoms with Crippen LogP contribution in [0.1, 0.15) is 51.9 Å². The molecule has 0 aromatic carbocycles. The van der Waals surface area contributed by atoms with Crippen LogP contribution in [-0.4, -0.2) is 25.0 Å². The molecule has 3 heteroatoms. The number of piperidine rings is 1. The van der Waals surface area contributed by atoms with Gasteiger partial charge in [-0.05, 0) is 57.4 Å². The van der Waals surface area contributed by atoms with Gasteiger partial charge in [-0.25, -0.2) is 0 Å². The molecule has 1 heterocycles. The molecule has 0 spiro atoms. The molecule has 0 bridgehead atoms. The summed E-state index contributed by atoms with van der Waals surface area (Å²) >= 11 is 0. The highest BCUT2D eigenvalue weighted by atomic mass is 16.2. The van der Waals surface area contributed by atoms with E-state index in [2.05, 4.69) is 23.6 Å². The predicted octanol–water partition coefficient (Wildman–Crippen LogP) is 2.38. The van der Waals surface area contributed by atoms with Crippen LogP contribution in [0.3, 0.4) is 0 Å². The monoisotopic (exact) mass is 250 g/mol. The maximum Gasteiger partial charge on any atom is 0.237 e. The predicted molar refractivity (Wildman–Crippen MR) is 74.4 cm³/mol. The first-order chi connectivity index (χ1) is 8.75. The van der Waals surface area contributed by atoms with E-state index in [-0.39, 0.29) is 11.9 Å². The molecular formula is C15H26N2O. The zero-order valence-electron chi connectivity index (χ0n) is 11.5. The molecule has 3 nitrogen and oxygen atoms in total. The topological polar surface area (TPSA) is 41.1 Å². The van der Waals surface area contributed by atoms with Crippen LogP contribution in [0, 0.1) is 5.92 Å². The number of hydrogen-bond donors (Lipinski definition) is 2. The van der Waals surface area contributed by atoms with Crippen molar-refractivity contribution in [1.29, 1.82) is 0 Å². The van der Waals surface area contributed by atoms with E-state index in [1.54, 1.807) is 0 Å². The van der Waals surface area contributed by atoms with E-state index in [4.69, 9.17) is 0 Å². The second-order valence-electron chi connectivity index (χ2n) is 5.79. The Kier molecular flexibility index (Phi) is 5.24. The Morgan fingerprint density at radius 2 is 2.39 bits per heavy atom. The lowest BCUT2D eigenvalue weighted by molar-refractivity contribution is -0.124. The van der Waals surface area contributed by atoms with Gasteiger partial charge in [0.1, 0.15) is 0 Å². The van der Waals surface area contributed by atoms with E-state index in [0.717, 1.165) is 25.9 Å². The number of hydrogen-bond acceptors (Lipinski definition) is 2. The van der Waals surface area contributed by atoms with Crippen molar-refractivity contribution in [2.24, 2.45) is 5.92 Å². The summed E-state index contributed by atoms with van der Waals surface area (Å²) in [5, 5.41) is 6.39. The first-order valence-corrected chi connectivity index (χ1v) is 7.44. The van der Waals surface area contributed by atoms with Crippen molar-refractivity contribution in [2.45, 2.75) is 57.9 Å². The van der Waals surface area contributed by atoms with Gasteiger partial charge < -0.3 is 10.6 Å². The molecule has 102 valence electrons. The largest absolute Gasteiger partial charge is 0.354 e. The normalized spacial score (nSPS) is 28.6. The van der Waals surface area contributed by atoms with Crippen LogP contribution in [0.2, 0.25) is 0 Å². The molecule has 1 fully saturated rings. The summed E-state index contributed by atoms with van der Waals surface area (Å²) < 4.78 is 0. The molecule has 0 aromatic heterocycles. The minimum atomic E-state index is 0.0362. The van der Waals surface area contributed by atoms with E-state index in [0.29, 0.717) is 5.92 Å². The molecule has 2 rings (SSSR count). The lowest BCUT2D eigenvalue weighted by atomic mass is 9.94. The Balaban J connectivity index is 1.66. The van der Waals surface area contributed by atoms with Crippen LogP contribution in [0.5, 0.6) is 0 Å². The van der Waals surface area contributed by atoms with E-state index < -0.39 is 0 Å². The highest BCUT2D eigenvalue weighted by Gasteiger charge is 2.23. The van der Waals surface area contributed by atoms with Crippen molar-refractivity contribution >= 4 is 5.91 Å². The van der Waals surface area contributed by atoms with Crippen LogP contribution in [0.15, 0.2) is 11.6 Å². The lowest BCUT2D eigenvalue weighted by Crippen LogP contribution is -2.48. The molecule has 2 N–H and O–H groups in total. The van der Waals surface area contributed by atoms with Gasteiger partial charge in [-0.3, -0.25) is 4.79 Å². The van der Waals surface area contributed by atoms with Crippen LogP contribution < -0.4 is 10.6 Å². The average molecular weight is 250 g/mol. The molecule has 0 saturated carbocycles. The zero-order chi connectivity index (χ0) is 12.8. The van der Waals surface area contributed by atoms with Gasteiger partial charge in [-0.1, -0.05) is 18.6 Å². The fourth-order valence-corrected chi connectivity index (χ4v) is 2.91. The van der Waals surface area contributed by atoms with Gasteiger partial charge in [0.2, 0.25) is 5.91 Å². The molecule has 1 amide bonds. The molecule has 18 heavy (non-hydrogen) atoms. The van der Waals surface area contributed by atoms with Crippen LogP contribution >= 0.6 is 0 Å². The number of carbonyl (C=O) groups is 1. The molecule has 2 unspecified atom stereocenters. The van der Waals surface area contributed by atoms with E-state index in [1.165, 1.54) is 37.7 Å². The Hall–Kier alpha value is -0.830. The number of allylic oxidation sites excluding steroid dienone is 1. The molecule has 1 aliphatic carbocycles. The Labute approximate surface area is 110 Å². The number of carbonyl (C=O) groups excluding carboxylic acids is 1. The minimum Gasteiger partial charge on any atom is -0.354 e. The molecule has 2 aliphatic rings. The van der Waals surface area contributed by atoms with Gasteiger partial charge in [0.05, 0.1) is 6.04 Å². The highest BCUT2D eigenvalue weighted by molar-refractivity contribution is 5.81. The minimum absolute atomic E-state index is 0.0362. The Bertz CT molecular complexity index is 312. The summed E-state index contributed by atoms with van der Waals surface area (Å²) in [4.78, 5) is 12.0. The molecule has 1 aliphatic heterocycles. The molecular weight excluding hydrogens is 224 g/mol. The van der Waals surface area contributed by atoms with Gasteiger partial charge in [0.25, 0.3) is 0 Å². The average Bonchev–Trinajstić information content (AvgIpc) is 2.40. The quantitative estimate of drug-likeness (QED) is 0.752. The van der Waals surface area contributed by atoms with Crippen LogP contribution in [0.25, 0.3) is 0 Å². The fraction of sp³-hybridized carbons (Fsp3) is 0.800. The number of amides is 1. The smallest absolute Gasteiger partial charge is 0.237 e. The third kappa shape index (κ3) is 4.13. The Morgan fingerprint density at radius 3 is 3.11 bits per heavy atom. The van der Waals surface area contributed by atoms with Crippen LogP contribution in [0.4, 0.5) is 0 Å². The number of rotatable bonds is 4. The Morgan fingerprint density at radius 1 is 1.50 bits per heavy atom. The maximum atomic E-state index is 12.0. The summed E-state index contributed by atoms with van der Waals surface area (Å²) in [7, 11) is 0. The lowest BCUT2D eigenvalue weighted by Gasteiger charge is -2.27. The third-order valence-corrected chi connectivity index (χ3v) is 4.11. The molecule has 0 aromatic rings. The summed E-state index contributed by atoms with van der Waals surface area (Å²) in [6, 6.07) is 0.0362. The number of nitrogens with one attached hydrogen (secondary N) is 2. The third-order valence-electron chi connectivity index (χ3n) is 4.11. The summed E-state index contributed by atoms with van der Waals surface area (Å²) in [6.45, 7) is 4.01. The SMILES string of the molecule is CC1CCNC(C(=O)NCCC2=CCCCC2)C1. The van der Waals surface area contributed by atoms with Gasteiger partial charge in [-0.15, -0.1) is 0 Å². The summed E-state index contributed by atoms with van der Waals surface area (Å²) in [5.41, 5.74) is 1.53. The molecule has 2 atom stereocenters. The summed E-state index contributed by atoms with van der Waals surface area (Å²) in [5.74, 6) is 0.862. The van der Waals surface area contributed by atoms with Crippen molar-refractivity contribution in [1.82, 2.24) is 10.6 Å². The van der Waals surface area contributed by atoms with Gasteiger partial charge in [0.15, 0.2) is 0 Å². The van der Waals surface area contributed by atoms with E-state index >= 15 is 0 Å². The first-order valence-electron chi connectivity index (χ1n) is 7.44. The van der Waals surface area contributed by atoms with Crippen LogP contribution in [-0.2, 0) is 4.79 Å². The fourth-order valence-electron chi connectivity index (χ4n) is 2.91. The maximum absolute atomic E-state index is 12.0. The van der Waals surface area contributed by atoms with Gasteiger partial charge >= 0.3 is 0 Å². The first kappa shape index (κ1) is 13.6. The van der Waals surface area contributed by atoms with Crippen molar-refractivity contribution in [3.63, 3.8) is 0 Å². The zero-order valence-corrected chi connectivity index (χ0v) is 11.5. The second kappa shape index (κ2) is 6.93. The van der Waals surface area contributed by atoms with E-state index in [9.17, 15) is 4.79 Å². The summed E-state index contributed by atoms with van der Waals surface area (Å²) in [6.07, 6.45) is 10.7. The second-order valence-corrected chi connectivity index (χ2v) is 5.79. The van der Waals surface area contributed by atoms with Gasteiger partial charge in [-0.2, -0.15) is 0 Å². The van der Waals surface area contributed by atoms with Gasteiger partial charge in [0, 0.05) is 6.54 Å². The van der Waals surface area contributed by atoms with Crippen molar-refractivity contribution in [2.75, 3.05) is 13.1 Å². The molecule has 1 saturated heterocycles. The van der Waals surface area contributed by atoms with Crippen molar-refractivity contribution in [3.05, 3.63) is 11.6 Å². The van der Waals surface area contributed by atoms with Crippen molar-refractivity contribution < 1.29 is 4.79 Å². The standard InChI is InChI=1S/C15H26N2O/c1-12-7-9-16-14(11-12)15(18)17-10-8-13-5-3-2-4-6-13/h5,12,14,16H,2-4,6-11H2,1H3,(H,17,18). The highest BCUT2D eigenvalue weighted by Crippen LogP contribution is 2.19. The molecule has 0 radical (unpaired) electrons.